The fourth-order valence-electron chi connectivity index (χ4n) is 2.81. The van der Waals surface area contributed by atoms with E-state index in [0.29, 0.717) is 16.2 Å². The molecule has 1 N–H and O–H groups in total. The van der Waals surface area contributed by atoms with E-state index >= 15 is 0 Å². The Labute approximate surface area is 169 Å². The first-order valence-electron chi connectivity index (χ1n) is 8.48. The number of nitrogens with one attached hydrogen (secondary N) is 1. The van der Waals surface area contributed by atoms with Crippen molar-refractivity contribution in [1.82, 2.24) is 14.5 Å². The van der Waals surface area contributed by atoms with Gasteiger partial charge in [-0.2, -0.15) is 0 Å². The minimum absolute atomic E-state index is 0.0980. The van der Waals surface area contributed by atoms with Crippen LogP contribution in [0.15, 0.2) is 69.8 Å². The number of carbonyl (C=O) groups excluding carboxylic acids is 1. The van der Waals surface area contributed by atoms with Gasteiger partial charge in [0, 0.05) is 15.8 Å². The maximum atomic E-state index is 12.5. The van der Waals surface area contributed by atoms with Gasteiger partial charge in [-0.3, -0.25) is 14.2 Å². The number of fused-ring (bicyclic) bond motifs is 1. The van der Waals surface area contributed by atoms with Crippen LogP contribution in [-0.2, 0) is 11.3 Å². The topological polar surface area (TPSA) is 76.9 Å². The van der Waals surface area contributed by atoms with Crippen LogP contribution in [-0.4, -0.2) is 26.7 Å². The molecular weight excluding hydrogens is 392 g/mol. The van der Waals surface area contributed by atoms with Crippen LogP contribution >= 0.6 is 23.1 Å². The molecule has 0 saturated heterocycles. The highest BCUT2D eigenvalue weighted by Crippen LogP contribution is 2.26. The zero-order valence-electron chi connectivity index (χ0n) is 15.0. The summed E-state index contributed by atoms with van der Waals surface area (Å²) in [5, 5.41) is 5.18. The van der Waals surface area contributed by atoms with Gasteiger partial charge in [0.15, 0.2) is 5.13 Å². The number of thiazole rings is 1. The third kappa shape index (κ3) is 3.83. The van der Waals surface area contributed by atoms with Crippen molar-refractivity contribution < 1.29 is 4.79 Å². The number of benzene rings is 2. The van der Waals surface area contributed by atoms with Crippen molar-refractivity contribution in [3.05, 3.63) is 70.5 Å². The molecular formula is C20H16N4O2S2. The molecule has 0 aliphatic heterocycles. The molecule has 2 aromatic heterocycles. The van der Waals surface area contributed by atoms with E-state index in [4.69, 9.17) is 0 Å². The van der Waals surface area contributed by atoms with Gasteiger partial charge in [0.05, 0.1) is 22.9 Å². The van der Waals surface area contributed by atoms with Crippen LogP contribution in [0.2, 0.25) is 0 Å². The van der Waals surface area contributed by atoms with Crippen LogP contribution in [0.25, 0.3) is 22.3 Å². The third-order valence-electron chi connectivity index (χ3n) is 4.19. The van der Waals surface area contributed by atoms with Crippen LogP contribution in [0.3, 0.4) is 0 Å². The zero-order valence-corrected chi connectivity index (χ0v) is 16.6. The Hall–Kier alpha value is -2.97. The van der Waals surface area contributed by atoms with Gasteiger partial charge in [-0.05, 0) is 30.5 Å². The summed E-state index contributed by atoms with van der Waals surface area (Å²) < 4.78 is 1.41. The van der Waals surface area contributed by atoms with E-state index < -0.39 is 0 Å². The van der Waals surface area contributed by atoms with Gasteiger partial charge >= 0.3 is 0 Å². The third-order valence-corrected chi connectivity index (χ3v) is 5.69. The average molecular weight is 409 g/mol. The molecule has 6 nitrogen and oxygen atoms in total. The molecule has 0 unspecified atom stereocenters. The number of amides is 1. The van der Waals surface area contributed by atoms with Crippen molar-refractivity contribution in [1.29, 1.82) is 0 Å². The molecule has 0 aliphatic carbocycles. The molecule has 0 saturated carbocycles. The van der Waals surface area contributed by atoms with Gasteiger partial charge in [0.25, 0.3) is 5.56 Å². The fraction of sp³-hybridized carbons (Fsp3) is 0.100. The number of carbonyl (C=O) groups is 1. The number of hydrogen-bond acceptors (Lipinski definition) is 6. The predicted molar refractivity (Wildman–Crippen MR) is 114 cm³/mol. The molecule has 1 amide bonds. The second-order valence-electron chi connectivity index (χ2n) is 5.99. The molecule has 0 radical (unpaired) electrons. The molecule has 0 atom stereocenters. The van der Waals surface area contributed by atoms with E-state index in [1.165, 1.54) is 27.0 Å². The van der Waals surface area contributed by atoms with Gasteiger partial charge in [-0.25, -0.2) is 9.97 Å². The summed E-state index contributed by atoms with van der Waals surface area (Å²) in [6, 6.07) is 15.3. The summed E-state index contributed by atoms with van der Waals surface area (Å²) in [5.41, 5.74) is 2.77. The van der Waals surface area contributed by atoms with Crippen molar-refractivity contribution in [2.24, 2.45) is 0 Å². The van der Waals surface area contributed by atoms with E-state index in [0.717, 1.165) is 11.3 Å². The number of aromatic nitrogens is 3. The number of thioether (sulfide) groups is 1. The molecule has 2 heterocycles. The number of rotatable bonds is 5. The molecule has 8 heteroatoms. The lowest BCUT2D eigenvalue weighted by atomic mass is 10.2. The smallest absolute Gasteiger partial charge is 0.269 e. The summed E-state index contributed by atoms with van der Waals surface area (Å²) in [7, 11) is 0. The lowest BCUT2D eigenvalue weighted by Crippen LogP contribution is -2.27. The van der Waals surface area contributed by atoms with Crippen LogP contribution in [0, 0.1) is 0 Å². The number of anilines is 1. The summed E-state index contributed by atoms with van der Waals surface area (Å²) in [6.45, 7) is -0.0980. The van der Waals surface area contributed by atoms with E-state index in [-0.39, 0.29) is 18.0 Å². The maximum Gasteiger partial charge on any atom is 0.269 e. The lowest BCUT2D eigenvalue weighted by molar-refractivity contribution is -0.116. The minimum Gasteiger partial charge on any atom is -0.300 e. The van der Waals surface area contributed by atoms with Gasteiger partial charge in [0.2, 0.25) is 5.91 Å². The summed E-state index contributed by atoms with van der Waals surface area (Å²) in [5.74, 6) is -0.308. The Morgan fingerprint density at radius 2 is 1.96 bits per heavy atom. The Morgan fingerprint density at radius 1 is 1.18 bits per heavy atom. The SMILES string of the molecule is CSc1ccc(-c2csc(NC(=O)Cn3c(=O)cnc4ccccc43)n2)cc1. The van der Waals surface area contributed by atoms with Gasteiger partial charge in [0.1, 0.15) is 6.54 Å². The Kier molecular flexibility index (Phi) is 5.23. The first-order valence-corrected chi connectivity index (χ1v) is 10.6. The average Bonchev–Trinajstić information content (AvgIpc) is 3.18. The molecule has 2 aromatic carbocycles. The predicted octanol–water partition coefficient (Wildman–Crippen LogP) is 3.88. The summed E-state index contributed by atoms with van der Waals surface area (Å²) in [6.07, 6.45) is 3.26. The Morgan fingerprint density at radius 3 is 2.75 bits per heavy atom. The molecule has 0 bridgehead atoms. The summed E-state index contributed by atoms with van der Waals surface area (Å²) in [4.78, 5) is 34.4. The van der Waals surface area contributed by atoms with Crippen LogP contribution in [0.4, 0.5) is 5.13 Å². The van der Waals surface area contributed by atoms with E-state index in [1.54, 1.807) is 23.9 Å². The lowest BCUT2D eigenvalue weighted by Gasteiger charge is -2.08. The number of nitrogens with zero attached hydrogens (tertiary/aromatic N) is 3. The fourth-order valence-corrected chi connectivity index (χ4v) is 3.95. The Balaban J connectivity index is 1.51. The van der Waals surface area contributed by atoms with Crippen molar-refractivity contribution in [2.45, 2.75) is 11.4 Å². The first-order chi connectivity index (χ1) is 13.6. The Bertz CT molecular complexity index is 1200. The van der Waals surface area contributed by atoms with E-state index in [2.05, 4.69) is 15.3 Å². The second-order valence-corrected chi connectivity index (χ2v) is 7.72. The normalized spacial score (nSPS) is 10.9. The molecule has 0 fully saturated rings. The largest absolute Gasteiger partial charge is 0.300 e. The molecule has 28 heavy (non-hydrogen) atoms. The standard InChI is InChI=1S/C20H16N4O2S2/c1-27-14-8-6-13(7-9-14)16-12-28-20(22-16)23-18(25)11-24-17-5-3-2-4-15(17)21-10-19(24)26/h2-10,12H,11H2,1H3,(H,22,23,25). The zero-order chi connectivity index (χ0) is 19.5. The van der Waals surface area contributed by atoms with E-state index in [9.17, 15) is 9.59 Å². The summed E-state index contributed by atoms with van der Waals surface area (Å²) >= 11 is 3.03. The van der Waals surface area contributed by atoms with Crippen LogP contribution in [0.1, 0.15) is 0 Å². The van der Waals surface area contributed by atoms with Gasteiger partial charge in [-0.1, -0.05) is 24.3 Å². The highest BCUT2D eigenvalue weighted by atomic mass is 32.2. The molecule has 140 valence electrons. The van der Waals surface area contributed by atoms with Crippen molar-refractivity contribution >= 4 is 45.2 Å². The van der Waals surface area contributed by atoms with Gasteiger partial charge in [-0.15, -0.1) is 23.1 Å². The number of hydrogen-bond donors (Lipinski definition) is 1. The second kappa shape index (κ2) is 7.95. The maximum absolute atomic E-state index is 12.5. The van der Waals surface area contributed by atoms with Crippen molar-refractivity contribution in [3.8, 4) is 11.3 Å². The van der Waals surface area contributed by atoms with Crippen molar-refractivity contribution in [3.63, 3.8) is 0 Å². The number of para-hydroxylation sites is 2. The van der Waals surface area contributed by atoms with Gasteiger partial charge < -0.3 is 5.32 Å². The minimum atomic E-state index is -0.317. The molecule has 4 aromatic rings. The van der Waals surface area contributed by atoms with Crippen molar-refractivity contribution in [2.75, 3.05) is 11.6 Å². The monoisotopic (exact) mass is 408 g/mol. The van der Waals surface area contributed by atoms with Crippen LogP contribution in [0.5, 0.6) is 0 Å². The highest BCUT2D eigenvalue weighted by Gasteiger charge is 2.11. The first kappa shape index (κ1) is 18.4. The highest BCUT2D eigenvalue weighted by molar-refractivity contribution is 7.98. The molecule has 4 rings (SSSR count). The quantitative estimate of drug-likeness (QED) is 0.507. The van der Waals surface area contributed by atoms with Crippen LogP contribution < -0.4 is 10.9 Å². The van der Waals surface area contributed by atoms with E-state index in [1.807, 2.05) is 48.0 Å². The molecule has 0 aliphatic rings. The molecule has 0 spiro atoms.